The first-order valence-corrected chi connectivity index (χ1v) is 6.92. The van der Waals surface area contributed by atoms with E-state index in [1.165, 1.54) is 6.26 Å². The number of allylic oxidation sites excluding steroid dienone is 1. The molecular weight excluding hydrogens is 222 g/mol. The van der Waals surface area contributed by atoms with Gasteiger partial charge in [-0.1, -0.05) is 18.2 Å². The minimum absolute atomic E-state index is 0.419. The van der Waals surface area contributed by atoms with Crippen LogP contribution in [0, 0.1) is 0 Å². The molecule has 0 atom stereocenters. The second kappa shape index (κ2) is 4.22. The number of aliphatic imine (C=N–C) groups is 1. The third-order valence-electron chi connectivity index (χ3n) is 2.50. The van der Waals surface area contributed by atoms with Crippen LogP contribution in [0.2, 0.25) is 0 Å². The van der Waals surface area contributed by atoms with Gasteiger partial charge in [0.15, 0.2) is 9.84 Å². The van der Waals surface area contributed by atoms with Gasteiger partial charge >= 0.3 is 0 Å². The summed E-state index contributed by atoms with van der Waals surface area (Å²) in [5.41, 5.74) is 2.00. The predicted molar refractivity (Wildman–Crippen MR) is 64.7 cm³/mol. The summed E-state index contributed by atoms with van der Waals surface area (Å²) in [5, 5.41) is 0. The highest BCUT2D eigenvalue weighted by Gasteiger charge is 2.13. The zero-order chi connectivity index (χ0) is 11.6. The summed E-state index contributed by atoms with van der Waals surface area (Å²) < 4.78 is 23.2. The molecule has 0 radical (unpaired) electrons. The Morgan fingerprint density at radius 1 is 1.31 bits per heavy atom. The Morgan fingerprint density at radius 2 is 2.06 bits per heavy atom. The smallest absolute Gasteiger partial charge is 0.175 e. The largest absolute Gasteiger partial charge is 0.289 e. The Morgan fingerprint density at radius 3 is 2.69 bits per heavy atom. The van der Waals surface area contributed by atoms with Gasteiger partial charge in [0.25, 0.3) is 0 Å². The van der Waals surface area contributed by atoms with Gasteiger partial charge < -0.3 is 0 Å². The molecule has 0 aromatic heterocycles. The van der Waals surface area contributed by atoms with Crippen LogP contribution < -0.4 is 0 Å². The topological polar surface area (TPSA) is 46.5 Å². The van der Waals surface area contributed by atoms with Gasteiger partial charge in [-0.05, 0) is 29.7 Å². The molecule has 0 spiro atoms. The summed E-state index contributed by atoms with van der Waals surface area (Å²) in [6.07, 6.45) is 5.60. The summed E-state index contributed by atoms with van der Waals surface area (Å²) in [6.45, 7) is 0.679. The fraction of sp³-hybridized carbons (Fsp3) is 0.250. The molecule has 0 amide bonds. The van der Waals surface area contributed by atoms with Crippen LogP contribution >= 0.6 is 0 Å². The Hall–Kier alpha value is -1.42. The number of sulfone groups is 1. The normalized spacial score (nSPS) is 15.2. The van der Waals surface area contributed by atoms with Crippen molar-refractivity contribution in [1.29, 1.82) is 0 Å². The maximum Gasteiger partial charge on any atom is 0.175 e. The number of hydrogen-bond donors (Lipinski definition) is 0. The van der Waals surface area contributed by atoms with Gasteiger partial charge in [-0.25, -0.2) is 8.42 Å². The van der Waals surface area contributed by atoms with Crippen LogP contribution in [0.3, 0.4) is 0 Å². The van der Waals surface area contributed by atoms with Crippen LogP contribution in [0.1, 0.15) is 5.56 Å². The highest BCUT2D eigenvalue weighted by atomic mass is 32.2. The summed E-state index contributed by atoms with van der Waals surface area (Å²) in [7, 11) is -3.14. The molecule has 0 N–H and O–H groups in total. The fourth-order valence-electron chi connectivity index (χ4n) is 1.75. The van der Waals surface area contributed by atoms with E-state index in [2.05, 4.69) is 4.99 Å². The molecule has 0 unspecified atom stereocenters. The lowest BCUT2D eigenvalue weighted by Crippen LogP contribution is -2.03. The average molecular weight is 235 g/mol. The molecule has 4 heteroatoms. The number of benzene rings is 1. The van der Waals surface area contributed by atoms with Crippen molar-refractivity contribution in [2.45, 2.75) is 11.3 Å². The van der Waals surface area contributed by atoms with Crippen LogP contribution in [0.15, 0.2) is 45.8 Å². The SMILES string of the molecule is CS(=O)(=O)c1ccccc1CC1=CC=NC1. The molecule has 0 bridgehead atoms. The first-order valence-electron chi connectivity index (χ1n) is 5.03. The molecular formula is C12H13NO2S. The van der Waals surface area contributed by atoms with Crippen molar-refractivity contribution in [1.82, 2.24) is 0 Å². The van der Waals surface area contributed by atoms with Crippen LogP contribution in [0.5, 0.6) is 0 Å². The van der Waals surface area contributed by atoms with E-state index in [0.717, 1.165) is 11.1 Å². The second-order valence-electron chi connectivity index (χ2n) is 3.87. The average Bonchev–Trinajstić information content (AvgIpc) is 2.70. The molecule has 0 saturated carbocycles. The molecule has 0 saturated heterocycles. The van der Waals surface area contributed by atoms with Crippen molar-refractivity contribution in [3.05, 3.63) is 41.5 Å². The number of hydrogen-bond acceptors (Lipinski definition) is 3. The van der Waals surface area contributed by atoms with Crippen LogP contribution in [-0.2, 0) is 16.3 Å². The monoisotopic (exact) mass is 235 g/mol. The lowest BCUT2D eigenvalue weighted by atomic mass is 10.1. The van der Waals surface area contributed by atoms with Crippen LogP contribution in [0.4, 0.5) is 0 Å². The van der Waals surface area contributed by atoms with Crippen LogP contribution in [0.25, 0.3) is 0 Å². The summed E-state index contributed by atoms with van der Waals surface area (Å²) in [5.74, 6) is 0. The molecule has 84 valence electrons. The van der Waals surface area contributed by atoms with Gasteiger partial charge in [-0.15, -0.1) is 0 Å². The van der Waals surface area contributed by atoms with Crippen molar-refractivity contribution in [2.24, 2.45) is 4.99 Å². The maximum atomic E-state index is 11.6. The van der Waals surface area contributed by atoms with E-state index in [-0.39, 0.29) is 0 Å². The quantitative estimate of drug-likeness (QED) is 0.799. The lowest BCUT2D eigenvalue weighted by Gasteiger charge is -2.07. The van der Waals surface area contributed by atoms with E-state index >= 15 is 0 Å². The Labute approximate surface area is 95.4 Å². The Bertz CT molecular complexity index is 556. The molecule has 2 rings (SSSR count). The molecule has 0 aliphatic carbocycles. The van der Waals surface area contributed by atoms with E-state index in [0.29, 0.717) is 17.9 Å². The molecule has 0 fully saturated rings. The van der Waals surface area contributed by atoms with Crippen LogP contribution in [-0.4, -0.2) is 27.4 Å². The minimum Gasteiger partial charge on any atom is -0.289 e. The molecule has 1 aromatic rings. The van der Waals surface area contributed by atoms with E-state index in [9.17, 15) is 8.42 Å². The van der Waals surface area contributed by atoms with Gasteiger partial charge in [0.1, 0.15) is 0 Å². The summed E-state index contributed by atoms with van der Waals surface area (Å²) in [4.78, 5) is 4.51. The van der Waals surface area contributed by atoms with Gasteiger partial charge in [-0.3, -0.25) is 4.99 Å². The van der Waals surface area contributed by atoms with E-state index in [4.69, 9.17) is 0 Å². The molecule has 1 heterocycles. The first-order chi connectivity index (χ1) is 7.57. The maximum absolute atomic E-state index is 11.6. The standard InChI is InChI=1S/C12H13NO2S/c1-16(14,15)12-5-3-2-4-11(12)8-10-6-7-13-9-10/h2-7H,8-9H2,1H3. The second-order valence-corrected chi connectivity index (χ2v) is 5.86. The number of rotatable bonds is 3. The molecule has 1 aliphatic rings. The van der Waals surface area contributed by atoms with Gasteiger partial charge in [0, 0.05) is 12.5 Å². The zero-order valence-electron chi connectivity index (χ0n) is 9.05. The van der Waals surface area contributed by atoms with Gasteiger partial charge in [0.05, 0.1) is 11.4 Å². The molecule has 1 aliphatic heterocycles. The highest BCUT2D eigenvalue weighted by Crippen LogP contribution is 2.19. The number of nitrogens with zero attached hydrogens (tertiary/aromatic N) is 1. The highest BCUT2D eigenvalue weighted by molar-refractivity contribution is 7.90. The van der Waals surface area contributed by atoms with E-state index < -0.39 is 9.84 Å². The summed E-state index contributed by atoms with van der Waals surface area (Å²) >= 11 is 0. The summed E-state index contributed by atoms with van der Waals surface area (Å²) in [6, 6.07) is 7.12. The lowest BCUT2D eigenvalue weighted by molar-refractivity contribution is 0.601. The van der Waals surface area contributed by atoms with Crippen molar-refractivity contribution in [2.75, 3.05) is 12.8 Å². The molecule has 16 heavy (non-hydrogen) atoms. The van der Waals surface area contributed by atoms with Crippen molar-refractivity contribution in [3.63, 3.8) is 0 Å². The van der Waals surface area contributed by atoms with E-state index in [1.807, 2.05) is 18.2 Å². The molecule has 3 nitrogen and oxygen atoms in total. The first kappa shape index (κ1) is 11.1. The Balaban J connectivity index is 2.34. The Kier molecular flexibility index (Phi) is 2.92. The zero-order valence-corrected chi connectivity index (χ0v) is 9.87. The molecule has 1 aromatic carbocycles. The van der Waals surface area contributed by atoms with Crippen molar-refractivity contribution >= 4 is 16.1 Å². The minimum atomic E-state index is -3.14. The van der Waals surface area contributed by atoms with Crippen molar-refractivity contribution in [3.8, 4) is 0 Å². The van der Waals surface area contributed by atoms with Gasteiger partial charge in [0.2, 0.25) is 0 Å². The van der Waals surface area contributed by atoms with E-state index in [1.54, 1.807) is 18.3 Å². The third kappa shape index (κ3) is 2.39. The van der Waals surface area contributed by atoms with Crippen molar-refractivity contribution < 1.29 is 8.42 Å². The van der Waals surface area contributed by atoms with Gasteiger partial charge in [-0.2, -0.15) is 0 Å². The fourth-order valence-corrected chi connectivity index (χ4v) is 2.69. The third-order valence-corrected chi connectivity index (χ3v) is 3.70. The predicted octanol–water partition coefficient (Wildman–Crippen LogP) is 1.64.